The first-order chi connectivity index (χ1) is 10.7. The number of carbonyl (C=O) groups is 1. The van der Waals surface area contributed by atoms with Crippen LogP contribution in [0.2, 0.25) is 0 Å². The molecule has 8 heteroatoms. The summed E-state index contributed by atoms with van der Waals surface area (Å²) in [4.78, 5) is 21.9. The van der Waals surface area contributed by atoms with E-state index >= 15 is 0 Å². The minimum Gasteiger partial charge on any atom is -0.470 e. The first-order valence-electron chi connectivity index (χ1n) is 6.77. The molecule has 8 nitrogen and oxygen atoms in total. The van der Waals surface area contributed by atoms with E-state index in [-0.39, 0.29) is 23.6 Å². The van der Waals surface area contributed by atoms with E-state index < -0.39 is 0 Å². The van der Waals surface area contributed by atoms with Crippen molar-refractivity contribution in [3.63, 3.8) is 0 Å². The highest BCUT2D eigenvalue weighted by Gasteiger charge is 2.30. The highest BCUT2D eigenvalue weighted by molar-refractivity contribution is 5.94. The molecule has 0 saturated carbocycles. The van der Waals surface area contributed by atoms with Gasteiger partial charge < -0.3 is 14.2 Å². The SMILES string of the molecule is Cc1oncc1C(=O)N1CCC(Oc2nccnc2C#N)C1. The summed E-state index contributed by atoms with van der Waals surface area (Å²) < 4.78 is 10.6. The smallest absolute Gasteiger partial charge is 0.259 e. The van der Waals surface area contributed by atoms with Crippen LogP contribution in [-0.4, -0.2) is 45.1 Å². The lowest BCUT2D eigenvalue weighted by Crippen LogP contribution is -2.31. The lowest BCUT2D eigenvalue weighted by atomic mass is 10.2. The second-order valence-electron chi connectivity index (χ2n) is 4.90. The van der Waals surface area contributed by atoms with Gasteiger partial charge in [0.2, 0.25) is 5.69 Å². The van der Waals surface area contributed by atoms with Gasteiger partial charge in [-0.15, -0.1) is 0 Å². The average Bonchev–Trinajstić information content (AvgIpc) is 3.16. The van der Waals surface area contributed by atoms with Crippen LogP contribution < -0.4 is 4.74 Å². The van der Waals surface area contributed by atoms with E-state index in [1.165, 1.54) is 18.6 Å². The molecule has 3 rings (SSSR count). The summed E-state index contributed by atoms with van der Waals surface area (Å²) >= 11 is 0. The minimum absolute atomic E-state index is 0.135. The maximum absolute atomic E-state index is 12.3. The molecule has 22 heavy (non-hydrogen) atoms. The van der Waals surface area contributed by atoms with Crippen molar-refractivity contribution in [2.24, 2.45) is 0 Å². The Morgan fingerprint density at radius 1 is 1.50 bits per heavy atom. The summed E-state index contributed by atoms with van der Waals surface area (Å²) in [7, 11) is 0. The number of hydrogen-bond donors (Lipinski definition) is 0. The number of nitrogens with zero attached hydrogens (tertiary/aromatic N) is 5. The first-order valence-corrected chi connectivity index (χ1v) is 6.77. The summed E-state index contributed by atoms with van der Waals surface area (Å²) in [5.74, 6) is 0.560. The van der Waals surface area contributed by atoms with E-state index in [2.05, 4.69) is 15.1 Å². The summed E-state index contributed by atoms with van der Waals surface area (Å²) in [6.07, 6.45) is 4.77. The van der Waals surface area contributed by atoms with Crippen molar-refractivity contribution in [2.45, 2.75) is 19.4 Å². The number of aryl methyl sites for hydroxylation is 1. The number of hydrogen-bond acceptors (Lipinski definition) is 7. The highest BCUT2D eigenvalue weighted by atomic mass is 16.5. The number of likely N-dealkylation sites (tertiary alicyclic amines) is 1. The molecule has 2 aromatic rings. The Morgan fingerprint density at radius 2 is 2.32 bits per heavy atom. The van der Waals surface area contributed by atoms with Crippen molar-refractivity contribution in [3.05, 3.63) is 35.6 Å². The van der Waals surface area contributed by atoms with Gasteiger partial charge in [-0.3, -0.25) is 4.79 Å². The quantitative estimate of drug-likeness (QED) is 0.830. The molecular formula is C14H13N5O3. The standard InChI is InChI=1S/C14H13N5O3/c1-9-11(7-18-22-9)14(20)19-5-2-10(8-19)21-13-12(6-15)16-3-4-17-13/h3-4,7,10H,2,5,8H2,1H3. The summed E-state index contributed by atoms with van der Waals surface area (Å²) in [6, 6.07) is 1.93. The number of ether oxygens (including phenoxy) is 1. The maximum atomic E-state index is 12.3. The monoisotopic (exact) mass is 299 g/mol. The van der Waals surface area contributed by atoms with Gasteiger partial charge in [0.25, 0.3) is 11.8 Å². The Bertz CT molecular complexity index is 736. The lowest BCUT2D eigenvalue weighted by Gasteiger charge is -2.16. The van der Waals surface area contributed by atoms with Crippen molar-refractivity contribution >= 4 is 5.91 Å². The number of rotatable bonds is 3. The van der Waals surface area contributed by atoms with Crippen LogP contribution in [0.15, 0.2) is 23.1 Å². The van der Waals surface area contributed by atoms with E-state index in [0.717, 1.165) is 0 Å². The predicted molar refractivity (Wildman–Crippen MR) is 72.9 cm³/mol. The van der Waals surface area contributed by atoms with E-state index in [1.807, 2.05) is 6.07 Å². The zero-order valence-corrected chi connectivity index (χ0v) is 11.9. The van der Waals surface area contributed by atoms with Crippen LogP contribution in [0.25, 0.3) is 0 Å². The largest absolute Gasteiger partial charge is 0.470 e. The topological polar surface area (TPSA) is 105 Å². The average molecular weight is 299 g/mol. The number of aromatic nitrogens is 3. The minimum atomic E-state index is -0.215. The molecule has 1 fully saturated rings. The summed E-state index contributed by atoms with van der Waals surface area (Å²) in [6.45, 7) is 2.68. The fourth-order valence-corrected chi connectivity index (χ4v) is 2.33. The van der Waals surface area contributed by atoms with E-state index in [4.69, 9.17) is 14.5 Å². The van der Waals surface area contributed by atoms with Crippen LogP contribution in [0.4, 0.5) is 0 Å². The van der Waals surface area contributed by atoms with E-state index in [1.54, 1.807) is 11.8 Å². The molecule has 0 spiro atoms. The second kappa shape index (κ2) is 5.81. The van der Waals surface area contributed by atoms with Gasteiger partial charge in [0.15, 0.2) is 0 Å². The van der Waals surface area contributed by atoms with Crippen LogP contribution in [-0.2, 0) is 0 Å². The Morgan fingerprint density at radius 3 is 3.05 bits per heavy atom. The van der Waals surface area contributed by atoms with Crippen LogP contribution >= 0.6 is 0 Å². The third kappa shape index (κ3) is 2.61. The molecule has 0 bridgehead atoms. The Hall–Kier alpha value is -2.95. The molecule has 3 heterocycles. The van der Waals surface area contributed by atoms with Crippen LogP contribution in [0.3, 0.4) is 0 Å². The Balaban J connectivity index is 1.67. The zero-order valence-electron chi connectivity index (χ0n) is 11.9. The molecule has 1 aliphatic heterocycles. The summed E-state index contributed by atoms with van der Waals surface area (Å²) in [5.41, 5.74) is 0.597. The molecule has 1 aliphatic rings. The molecule has 0 aliphatic carbocycles. The van der Waals surface area contributed by atoms with Gasteiger partial charge in [-0.05, 0) is 6.92 Å². The van der Waals surface area contributed by atoms with Crippen LogP contribution in [0.1, 0.15) is 28.2 Å². The molecule has 1 saturated heterocycles. The van der Waals surface area contributed by atoms with Gasteiger partial charge in [0.05, 0.1) is 12.7 Å². The summed E-state index contributed by atoms with van der Waals surface area (Å²) in [5, 5.41) is 12.6. The van der Waals surface area contributed by atoms with E-state index in [9.17, 15) is 4.79 Å². The van der Waals surface area contributed by atoms with Crippen molar-refractivity contribution in [1.82, 2.24) is 20.0 Å². The van der Waals surface area contributed by atoms with Gasteiger partial charge >= 0.3 is 0 Å². The third-order valence-electron chi connectivity index (χ3n) is 3.46. The molecule has 0 N–H and O–H groups in total. The lowest BCUT2D eigenvalue weighted by molar-refractivity contribution is 0.0769. The molecule has 1 atom stereocenters. The van der Waals surface area contributed by atoms with Crippen LogP contribution in [0, 0.1) is 18.3 Å². The fraction of sp³-hybridized carbons (Fsp3) is 0.357. The zero-order chi connectivity index (χ0) is 15.5. The van der Waals surface area contributed by atoms with Gasteiger partial charge in [0.1, 0.15) is 23.5 Å². The normalized spacial score (nSPS) is 17.3. The molecule has 1 amide bonds. The van der Waals surface area contributed by atoms with Crippen molar-refractivity contribution in [3.8, 4) is 11.9 Å². The molecule has 1 unspecified atom stereocenters. The number of carbonyl (C=O) groups excluding carboxylic acids is 1. The van der Waals surface area contributed by atoms with E-state index in [0.29, 0.717) is 30.8 Å². The van der Waals surface area contributed by atoms with Gasteiger partial charge in [0, 0.05) is 25.4 Å². The van der Waals surface area contributed by atoms with Gasteiger partial charge in [-0.25, -0.2) is 9.97 Å². The van der Waals surface area contributed by atoms with Crippen molar-refractivity contribution < 1.29 is 14.1 Å². The van der Waals surface area contributed by atoms with Crippen molar-refractivity contribution in [2.75, 3.05) is 13.1 Å². The molecule has 112 valence electrons. The predicted octanol–water partition coefficient (Wildman–Crippen LogP) is 0.938. The Kier molecular flexibility index (Phi) is 3.70. The molecule has 0 radical (unpaired) electrons. The second-order valence-corrected chi connectivity index (χ2v) is 4.90. The molecular weight excluding hydrogens is 286 g/mol. The number of nitriles is 1. The maximum Gasteiger partial charge on any atom is 0.259 e. The number of amides is 1. The third-order valence-corrected chi connectivity index (χ3v) is 3.46. The first kappa shape index (κ1) is 14.0. The fourth-order valence-electron chi connectivity index (χ4n) is 2.33. The van der Waals surface area contributed by atoms with Crippen LogP contribution in [0.5, 0.6) is 5.88 Å². The highest BCUT2D eigenvalue weighted by Crippen LogP contribution is 2.20. The van der Waals surface area contributed by atoms with Gasteiger partial charge in [-0.2, -0.15) is 5.26 Å². The van der Waals surface area contributed by atoms with Crippen molar-refractivity contribution in [1.29, 1.82) is 5.26 Å². The molecule has 2 aromatic heterocycles. The Labute approximate surface area is 126 Å². The molecule has 0 aromatic carbocycles. The van der Waals surface area contributed by atoms with Gasteiger partial charge in [-0.1, -0.05) is 5.16 Å².